The van der Waals surface area contributed by atoms with E-state index in [4.69, 9.17) is 0 Å². The van der Waals surface area contributed by atoms with Crippen molar-refractivity contribution in [3.63, 3.8) is 0 Å². The molecule has 27 heavy (non-hydrogen) atoms. The summed E-state index contributed by atoms with van der Waals surface area (Å²) in [7, 11) is 1.52. The molecule has 2 aromatic rings. The number of aromatic nitrogens is 2. The SMILES string of the molecule is CCCc1ccccc1N(C)c1ncc(C(F)(F)F)c(OCC(F)(F)F)n1. The summed E-state index contributed by atoms with van der Waals surface area (Å²) in [6.45, 7) is 0.0805. The lowest BCUT2D eigenvalue weighted by Gasteiger charge is -2.22. The minimum Gasteiger partial charge on any atom is -0.467 e. The molecule has 0 saturated carbocycles. The van der Waals surface area contributed by atoms with Crippen molar-refractivity contribution < 1.29 is 31.1 Å². The van der Waals surface area contributed by atoms with Crippen LogP contribution in [-0.4, -0.2) is 29.8 Å². The second kappa shape index (κ2) is 8.01. The molecule has 2 rings (SSSR count). The predicted octanol–water partition coefficient (Wildman–Crippen LogP) is 5.16. The number of nitrogens with zero attached hydrogens (tertiary/aromatic N) is 3. The monoisotopic (exact) mass is 393 g/mol. The van der Waals surface area contributed by atoms with E-state index in [1.165, 1.54) is 11.9 Å². The van der Waals surface area contributed by atoms with E-state index in [0.29, 0.717) is 18.3 Å². The molecule has 10 heteroatoms. The molecule has 0 amide bonds. The van der Waals surface area contributed by atoms with Gasteiger partial charge in [0, 0.05) is 18.9 Å². The second-order valence-electron chi connectivity index (χ2n) is 5.73. The number of benzene rings is 1. The van der Waals surface area contributed by atoms with Gasteiger partial charge in [0.25, 0.3) is 0 Å². The van der Waals surface area contributed by atoms with Crippen molar-refractivity contribution in [2.75, 3.05) is 18.6 Å². The first-order valence-electron chi connectivity index (χ1n) is 7.98. The fourth-order valence-corrected chi connectivity index (χ4v) is 2.40. The zero-order valence-electron chi connectivity index (χ0n) is 14.5. The minimum atomic E-state index is -4.95. The molecular formula is C17H17F6N3O. The molecule has 0 unspecified atom stereocenters. The van der Waals surface area contributed by atoms with Gasteiger partial charge in [0.2, 0.25) is 11.8 Å². The summed E-state index contributed by atoms with van der Waals surface area (Å²) in [6, 6.07) is 7.12. The molecule has 0 aliphatic rings. The maximum atomic E-state index is 13.0. The Morgan fingerprint density at radius 1 is 1.07 bits per heavy atom. The standard InChI is InChI=1S/C17H17F6N3O/c1-3-6-11-7-4-5-8-13(11)26(2)15-24-9-12(17(21,22)23)14(25-15)27-10-16(18,19)20/h4-5,7-9H,3,6,10H2,1-2H3. The zero-order chi connectivity index (χ0) is 20.2. The number of hydrogen-bond donors (Lipinski definition) is 0. The third kappa shape index (κ3) is 5.48. The number of aryl methyl sites for hydroxylation is 1. The summed E-state index contributed by atoms with van der Waals surface area (Å²) in [6.07, 6.45) is -7.78. The van der Waals surface area contributed by atoms with Crippen molar-refractivity contribution in [2.45, 2.75) is 32.1 Å². The fraction of sp³-hybridized carbons (Fsp3) is 0.412. The van der Waals surface area contributed by atoms with Crippen LogP contribution in [0.25, 0.3) is 0 Å². The Hall–Kier alpha value is -2.52. The summed E-state index contributed by atoms with van der Waals surface area (Å²) in [4.78, 5) is 8.66. The molecular weight excluding hydrogens is 376 g/mol. The lowest BCUT2D eigenvalue weighted by molar-refractivity contribution is -0.159. The first kappa shape index (κ1) is 20.8. The van der Waals surface area contributed by atoms with E-state index < -0.39 is 30.4 Å². The Kier molecular flexibility index (Phi) is 6.17. The lowest BCUT2D eigenvalue weighted by atomic mass is 10.1. The summed E-state index contributed by atoms with van der Waals surface area (Å²) in [5.41, 5.74) is 0.0791. The smallest absolute Gasteiger partial charge is 0.423 e. The van der Waals surface area contributed by atoms with Gasteiger partial charge in [0.05, 0.1) is 0 Å². The van der Waals surface area contributed by atoms with Gasteiger partial charge in [-0.3, -0.25) is 0 Å². The van der Waals surface area contributed by atoms with Gasteiger partial charge in [-0.15, -0.1) is 0 Å². The summed E-state index contributed by atoms with van der Waals surface area (Å²) in [5.74, 6) is -1.37. The molecule has 0 bridgehead atoms. The van der Waals surface area contributed by atoms with Gasteiger partial charge in [0.15, 0.2) is 6.61 Å². The number of ether oxygens (including phenoxy) is 1. The molecule has 0 N–H and O–H groups in total. The number of alkyl halides is 6. The van der Waals surface area contributed by atoms with E-state index in [1.54, 1.807) is 12.1 Å². The quantitative estimate of drug-likeness (QED) is 0.636. The molecule has 4 nitrogen and oxygen atoms in total. The fourth-order valence-electron chi connectivity index (χ4n) is 2.40. The summed E-state index contributed by atoms with van der Waals surface area (Å²) < 4.78 is 80.5. The van der Waals surface area contributed by atoms with Crippen molar-refractivity contribution in [3.8, 4) is 5.88 Å². The average Bonchev–Trinajstić information content (AvgIpc) is 2.58. The van der Waals surface area contributed by atoms with Crippen molar-refractivity contribution in [1.82, 2.24) is 9.97 Å². The van der Waals surface area contributed by atoms with Crippen LogP contribution in [0.2, 0.25) is 0 Å². The number of rotatable bonds is 6. The summed E-state index contributed by atoms with van der Waals surface area (Å²) >= 11 is 0. The number of anilines is 2. The van der Waals surface area contributed by atoms with Crippen molar-refractivity contribution in [2.24, 2.45) is 0 Å². The van der Waals surface area contributed by atoms with Gasteiger partial charge in [-0.1, -0.05) is 31.5 Å². The maximum absolute atomic E-state index is 13.0. The molecule has 1 aromatic carbocycles. The molecule has 0 atom stereocenters. The second-order valence-corrected chi connectivity index (χ2v) is 5.73. The molecule has 1 heterocycles. The molecule has 0 spiro atoms. The molecule has 148 valence electrons. The van der Waals surface area contributed by atoms with Crippen molar-refractivity contribution in [1.29, 1.82) is 0 Å². The van der Waals surface area contributed by atoms with Crippen molar-refractivity contribution >= 4 is 11.6 Å². The van der Waals surface area contributed by atoms with Crippen LogP contribution in [0.5, 0.6) is 5.88 Å². The third-order valence-corrected chi connectivity index (χ3v) is 3.59. The highest BCUT2D eigenvalue weighted by atomic mass is 19.4. The van der Waals surface area contributed by atoms with Gasteiger partial charge < -0.3 is 9.64 Å². The molecule has 0 aliphatic carbocycles. The molecule has 1 aromatic heterocycles. The molecule has 0 aliphatic heterocycles. The van der Waals surface area contributed by atoms with E-state index in [0.717, 1.165) is 12.0 Å². The normalized spacial score (nSPS) is 12.1. The van der Waals surface area contributed by atoms with Gasteiger partial charge in [-0.05, 0) is 18.1 Å². The first-order valence-corrected chi connectivity index (χ1v) is 7.98. The Balaban J connectivity index is 2.43. The molecule has 0 radical (unpaired) electrons. The Labute approximate surface area is 151 Å². The first-order chi connectivity index (χ1) is 12.5. The van der Waals surface area contributed by atoms with Crippen LogP contribution in [0, 0.1) is 0 Å². The van der Waals surface area contributed by atoms with Gasteiger partial charge in [-0.2, -0.15) is 31.3 Å². The Morgan fingerprint density at radius 3 is 2.33 bits per heavy atom. The number of hydrogen-bond acceptors (Lipinski definition) is 4. The summed E-state index contributed by atoms with van der Waals surface area (Å²) in [5, 5.41) is 0. The largest absolute Gasteiger partial charge is 0.467 e. The number of halogens is 6. The Bertz CT molecular complexity index is 776. The van der Waals surface area contributed by atoms with Crippen molar-refractivity contribution in [3.05, 3.63) is 41.6 Å². The van der Waals surface area contributed by atoms with Crippen LogP contribution in [0.3, 0.4) is 0 Å². The van der Waals surface area contributed by atoms with E-state index in [9.17, 15) is 26.3 Å². The predicted molar refractivity (Wildman–Crippen MR) is 87.1 cm³/mol. The van der Waals surface area contributed by atoms with E-state index in [2.05, 4.69) is 14.7 Å². The minimum absolute atomic E-state index is 0.205. The van der Waals surface area contributed by atoms with Crippen LogP contribution in [0.4, 0.5) is 38.0 Å². The van der Waals surface area contributed by atoms with E-state index in [1.807, 2.05) is 19.1 Å². The van der Waals surface area contributed by atoms with E-state index >= 15 is 0 Å². The average molecular weight is 393 g/mol. The van der Waals surface area contributed by atoms with Crippen LogP contribution >= 0.6 is 0 Å². The van der Waals surface area contributed by atoms with Crippen LogP contribution in [0.1, 0.15) is 24.5 Å². The highest BCUT2D eigenvalue weighted by Crippen LogP contribution is 2.37. The zero-order valence-corrected chi connectivity index (χ0v) is 14.5. The maximum Gasteiger partial charge on any atom is 0.423 e. The lowest BCUT2D eigenvalue weighted by Crippen LogP contribution is -2.23. The third-order valence-electron chi connectivity index (χ3n) is 3.59. The number of para-hydroxylation sites is 1. The highest BCUT2D eigenvalue weighted by molar-refractivity contribution is 5.61. The van der Waals surface area contributed by atoms with Crippen LogP contribution in [-0.2, 0) is 12.6 Å². The molecule has 0 saturated heterocycles. The van der Waals surface area contributed by atoms with Crippen LogP contribution in [0.15, 0.2) is 30.5 Å². The Morgan fingerprint density at radius 2 is 1.74 bits per heavy atom. The van der Waals surface area contributed by atoms with Crippen LogP contribution < -0.4 is 9.64 Å². The highest BCUT2D eigenvalue weighted by Gasteiger charge is 2.38. The van der Waals surface area contributed by atoms with Gasteiger partial charge in [-0.25, -0.2) is 4.98 Å². The van der Waals surface area contributed by atoms with Gasteiger partial charge >= 0.3 is 12.4 Å². The topological polar surface area (TPSA) is 38.2 Å². The molecule has 0 fully saturated rings. The van der Waals surface area contributed by atoms with Gasteiger partial charge in [0.1, 0.15) is 5.56 Å². The van der Waals surface area contributed by atoms with E-state index in [-0.39, 0.29) is 5.95 Å².